The van der Waals surface area contributed by atoms with Crippen LogP contribution >= 0.6 is 11.3 Å². The number of aryl methyl sites for hydroxylation is 2. The van der Waals surface area contributed by atoms with Gasteiger partial charge in [-0.05, 0) is 43.7 Å². The highest BCUT2D eigenvalue weighted by molar-refractivity contribution is 7.22. The molecule has 24 heavy (non-hydrogen) atoms. The third kappa shape index (κ3) is 3.64. The van der Waals surface area contributed by atoms with Crippen molar-refractivity contribution < 1.29 is 9.53 Å². The van der Waals surface area contributed by atoms with Crippen molar-refractivity contribution >= 4 is 38.3 Å². The highest BCUT2D eigenvalue weighted by Crippen LogP contribution is 2.27. The second kappa shape index (κ2) is 6.86. The quantitative estimate of drug-likeness (QED) is 0.489. The van der Waals surface area contributed by atoms with Crippen LogP contribution in [0.25, 0.3) is 10.2 Å². The van der Waals surface area contributed by atoms with E-state index >= 15 is 0 Å². The standard InChI is InChI=1S/C17H18N4O2S/c1-10-3-6-14(11(2)7-10)23-9-16(22)19-12-4-5-13-15(8-12)24-17(20-13)21-18/h3-8H,9,18H2,1-2H3,(H,19,22)(H,20,21). The summed E-state index contributed by atoms with van der Waals surface area (Å²) >= 11 is 1.42. The summed E-state index contributed by atoms with van der Waals surface area (Å²) in [5, 5.41) is 3.46. The first kappa shape index (κ1) is 16.2. The van der Waals surface area contributed by atoms with Gasteiger partial charge in [-0.2, -0.15) is 0 Å². The highest BCUT2D eigenvalue weighted by atomic mass is 32.1. The number of aromatic nitrogens is 1. The van der Waals surface area contributed by atoms with Gasteiger partial charge < -0.3 is 10.1 Å². The van der Waals surface area contributed by atoms with E-state index in [9.17, 15) is 4.79 Å². The lowest BCUT2D eigenvalue weighted by Gasteiger charge is -2.10. The lowest BCUT2D eigenvalue weighted by molar-refractivity contribution is -0.118. The van der Waals surface area contributed by atoms with Gasteiger partial charge in [0.1, 0.15) is 5.75 Å². The molecule has 0 saturated heterocycles. The Labute approximate surface area is 143 Å². The molecule has 0 atom stereocenters. The zero-order valence-electron chi connectivity index (χ0n) is 13.4. The van der Waals surface area contributed by atoms with Crippen LogP contribution in [0.4, 0.5) is 10.8 Å². The minimum absolute atomic E-state index is 0.0414. The van der Waals surface area contributed by atoms with Gasteiger partial charge in [-0.25, -0.2) is 10.8 Å². The Bertz CT molecular complexity index is 891. The van der Waals surface area contributed by atoms with Crippen LogP contribution in [0.2, 0.25) is 0 Å². The van der Waals surface area contributed by atoms with Crippen LogP contribution in [-0.4, -0.2) is 17.5 Å². The number of nitrogens with zero attached hydrogens (tertiary/aromatic N) is 1. The fourth-order valence-corrected chi connectivity index (χ4v) is 3.18. The smallest absolute Gasteiger partial charge is 0.262 e. The number of benzene rings is 2. The molecular formula is C17H18N4O2S. The fraction of sp³-hybridized carbons (Fsp3) is 0.176. The van der Waals surface area contributed by atoms with Gasteiger partial charge in [-0.1, -0.05) is 29.0 Å². The molecule has 0 unspecified atom stereocenters. The van der Waals surface area contributed by atoms with Gasteiger partial charge in [0.25, 0.3) is 5.91 Å². The minimum Gasteiger partial charge on any atom is -0.483 e. The minimum atomic E-state index is -0.212. The molecule has 6 nitrogen and oxygen atoms in total. The van der Waals surface area contributed by atoms with Crippen molar-refractivity contribution in [3.63, 3.8) is 0 Å². The van der Waals surface area contributed by atoms with Gasteiger partial charge in [-0.3, -0.25) is 10.2 Å². The van der Waals surface area contributed by atoms with Crippen molar-refractivity contribution in [1.82, 2.24) is 4.98 Å². The molecule has 0 saturated carbocycles. The molecule has 1 amide bonds. The first-order valence-electron chi connectivity index (χ1n) is 7.42. The number of nitrogens with two attached hydrogens (primary N) is 1. The molecule has 2 aromatic carbocycles. The summed E-state index contributed by atoms with van der Waals surface area (Å²) in [5.41, 5.74) is 6.22. The summed E-state index contributed by atoms with van der Waals surface area (Å²) in [7, 11) is 0. The monoisotopic (exact) mass is 342 g/mol. The van der Waals surface area contributed by atoms with E-state index in [1.807, 2.05) is 44.2 Å². The molecule has 0 aliphatic heterocycles. The Morgan fingerprint density at radius 3 is 2.83 bits per heavy atom. The average molecular weight is 342 g/mol. The van der Waals surface area contributed by atoms with Gasteiger partial charge in [-0.15, -0.1) is 0 Å². The molecule has 0 aliphatic carbocycles. The normalized spacial score (nSPS) is 10.6. The number of hydrogen-bond donors (Lipinski definition) is 3. The number of ether oxygens (including phenoxy) is 1. The van der Waals surface area contributed by atoms with E-state index in [4.69, 9.17) is 10.6 Å². The van der Waals surface area contributed by atoms with Crippen molar-refractivity contribution in [2.75, 3.05) is 17.3 Å². The largest absolute Gasteiger partial charge is 0.483 e. The Morgan fingerprint density at radius 2 is 2.08 bits per heavy atom. The number of fused-ring (bicyclic) bond motifs is 1. The number of hydrogen-bond acceptors (Lipinski definition) is 6. The maximum absolute atomic E-state index is 12.1. The third-order valence-corrected chi connectivity index (χ3v) is 4.43. The number of hydrazine groups is 1. The average Bonchev–Trinajstić information content (AvgIpc) is 2.96. The Morgan fingerprint density at radius 1 is 1.25 bits per heavy atom. The summed E-state index contributed by atoms with van der Waals surface area (Å²) in [6, 6.07) is 11.4. The van der Waals surface area contributed by atoms with Gasteiger partial charge in [0.05, 0.1) is 10.2 Å². The SMILES string of the molecule is Cc1ccc(OCC(=O)Nc2ccc3nc(NN)sc3c2)c(C)c1. The molecule has 4 N–H and O–H groups in total. The second-order valence-electron chi connectivity index (χ2n) is 5.45. The lowest BCUT2D eigenvalue weighted by atomic mass is 10.1. The van der Waals surface area contributed by atoms with E-state index in [1.165, 1.54) is 11.3 Å². The van der Waals surface area contributed by atoms with Crippen LogP contribution in [-0.2, 0) is 4.79 Å². The molecule has 3 aromatic rings. The first-order chi connectivity index (χ1) is 11.5. The highest BCUT2D eigenvalue weighted by Gasteiger charge is 2.08. The van der Waals surface area contributed by atoms with E-state index in [2.05, 4.69) is 15.7 Å². The first-order valence-corrected chi connectivity index (χ1v) is 8.24. The van der Waals surface area contributed by atoms with Crippen molar-refractivity contribution in [2.24, 2.45) is 5.84 Å². The van der Waals surface area contributed by atoms with Crippen molar-refractivity contribution in [1.29, 1.82) is 0 Å². The summed E-state index contributed by atoms with van der Waals surface area (Å²) in [4.78, 5) is 16.4. The van der Waals surface area contributed by atoms with Crippen LogP contribution in [0.15, 0.2) is 36.4 Å². The predicted molar refractivity (Wildman–Crippen MR) is 97.5 cm³/mol. The number of nitrogens with one attached hydrogen (secondary N) is 2. The topological polar surface area (TPSA) is 89.3 Å². The molecule has 3 rings (SSSR count). The Kier molecular flexibility index (Phi) is 4.64. The van der Waals surface area contributed by atoms with Crippen molar-refractivity contribution in [3.05, 3.63) is 47.5 Å². The number of rotatable bonds is 5. The van der Waals surface area contributed by atoms with Crippen LogP contribution in [0.3, 0.4) is 0 Å². The predicted octanol–water partition coefficient (Wildman–Crippen LogP) is 3.22. The maximum Gasteiger partial charge on any atom is 0.262 e. The van der Waals surface area contributed by atoms with Gasteiger partial charge in [0, 0.05) is 5.69 Å². The third-order valence-electron chi connectivity index (χ3n) is 3.48. The van der Waals surface area contributed by atoms with Crippen LogP contribution in [0, 0.1) is 13.8 Å². The molecule has 1 aromatic heterocycles. The molecule has 0 fully saturated rings. The number of nitrogen functional groups attached to an aromatic ring is 1. The Balaban J connectivity index is 1.64. The lowest BCUT2D eigenvalue weighted by Crippen LogP contribution is -2.20. The summed E-state index contributed by atoms with van der Waals surface area (Å²) in [5.74, 6) is 5.86. The molecule has 0 radical (unpaired) electrons. The summed E-state index contributed by atoms with van der Waals surface area (Å²) in [6.07, 6.45) is 0. The number of carbonyl (C=O) groups is 1. The van der Waals surface area contributed by atoms with Gasteiger partial charge in [0.2, 0.25) is 0 Å². The van der Waals surface area contributed by atoms with E-state index in [1.54, 1.807) is 6.07 Å². The van der Waals surface area contributed by atoms with Crippen LogP contribution < -0.4 is 21.3 Å². The molecule has 0 bridgehead atoms. The molecule has 0 aliphatic rings. The number of anilines is 2. The van der Waals surface area contributed by atoms with Crippen LogP contribution in [0.1, 0.15) is 11.1 Å². The number of carbonyl (C=O) groups excluding carboxylic acids is 1. The summed E-state index contributed by atoms with van der Waals surface area (Å²) < 4.78 is 6.53. The van der Waals surface area contributed by atoms with Crippen molar-refractivity contribution in [3.8, 4) is 5.75 Å². The second-order valence-corrected chi connectivity index (χ2v) is 6.48. The zero-order chi connectivity index (χ0) is 17.1. The van der Waals surface area contributed by atoms with E-state index in [0.717, 1.165) is 21.3 Å². The van der Waals surface area contributed by atoms with Gasteiger partial charge >= 0.3 is 0 Å². The van der Waals surface area contributed by atoms with E-state index in [0.29, 0.717) is 16.6 Å². The number of thiazole rings is 1. The van der Waals surface area contributed by atoms with Gasteiger partial charge in [0.15, 0.2) is 11.7 Å². The zero-order valence-corrected chi connectivity index (χ0v) is 14.2. The van der Waals surface area contributed by atoms with E-state index in [-0.39, 0.29) is 12.5 Å². The fourth-order valence-electron chi connectivity index (χ4n) is 2.37. The van der Waals surface area contributed by atoms with Crippen molar-refractivity contribution in [2.45, 2.75) is 13.8 Å². The van der Waals surface area contributed by atoms with E-state index < -0.39 is 0 Å². The maximum atomic E-state index is 12.1. The molecule has 7 heteroatoms. The van der Waals surface area contributed by atoms with Crippen LogP contribution in [0.5, 0.6) is 5.75 Å². The molecule has 124 valence electrons. The Hall–Kier alpha value is -2.64. The molecule has 0 spiro atoms. The molecular weight excluding hydrogens is 324 g/mol. The number of amides is 1. The molecule has 1 heterocycles. The summed E-state index contributed by atoms with van der Waals surface area (Å²) in [6.45, 7) is 3.94.